The fraction of sp³-hybridized carbons (Fsp3) is 0.333. The molecule has 0 fully saturated rings. The molecule has 2 nitrogen and oxygen atoms in total. The lowest BCUT2D eigenvalue weighted by Gasteiger charge is -2.10. The van der Waals surface area contributed by atoms with E-state index in [1.807, 2.05) is 30.3 Å². The molecule has 1 aromatic rings. The highest BCUT2D eigenvalue weighted by Crippen LogP contribution is 2.19. The first-order valence-corrected chi connectivity index (χ1v) is 4.78. The summed E-state index contributed by atoms with van der Waals surface area (Å²) in [4.78, 5) is 0. The summed E-state index contributed by atoms with van der Waals surface area (Å²) in [5.41, 5.74) is 7.13. The van der Waals surface area contributed by atoms with Crippen LogP contribution in [0.4, 0.5) is 0 Å². The second-order valence-electron chi connectivity index (χ2n) is 3.25. The van der Waals surface area contributed by atoms with Gasteiger partial charge in [0, 0.05) is 6.04 Å². The number of hydrogen-bond donors (Lipinski definition) is 1. The molecule has 0 spiro atoms. The van der Waals surface area contributed by atoms with Crippen LogP contribution < -0.4 is 10.5 Å². The zero-order valence-corrected chi connectivity index (χ0v) is 8.57. The lowest BCUT2D eigenvalue weighted by atomic mass is 10.0. The van der Waals surface area contributed by atoms with Gasteiger partial charge in [-0.2, -0.15) is 0 Å². The predicted molar refractivity (Wildman–Crippen MR) is 59.4 cm³/mol. The third kappa shape index (κ3) is 2.89. The Labute approximate surface area is 85.4 Å². The normalized spacial score (nSPS) is 12.1. The standard InChI is InChI=1S/C12H17NO/c1-3-4-5-12(13)10-6-8-11(14-2)9-7-10/h3,6-9,12H,1,4-5,13H2,2H3. The molecule has 0 bridgehead atoms. The van der Waals surface area contributed by atoms with Gasteiger partial charge in [-0.15, -0.1) is 6.58 Å². The van der Waals surface area contributed by atoms with E-state index in [0.717, 1.165) is 24.2 Å². The van der Waals surface area contributed by atoms with Crippen LogP contribution in [0.1, 0.15) is 24.4 Å². The number of ether oxygens (including phenoxy) is 1. The summed E-state index contributed by atoms with van der Waals surface area (Å²) in [7, 11) is 1.66. The molecule has 1 unspecified atom stereocenters. The van der Waals surface area contributed by atoms with Gasteiger partial charge in [-0.3, -0.25) is 0 Å². The Morgan fingerprint density at radius 2 is 2.07 bits per heavy atom. The predicted octanol–water partition coefficient (Wildman–Crippen LogP) is 2.66. The fourth-order valence-electron chi connectivity index (χ4n) is 1.32. The largest absolute Gasteiger partial charge is 0.497 e. The van der Waals surface area contributed by atoms with Gasteiger partial charge >= 0.3 is 0 Å². The van der Waals surface area contributed by atoms with Gasteiger partial charge in [0.05, 0.1) is 7.11 Å². The molecule has 14 heavy (non-hydrogen) atoms. The van der Waals surface area contributed by atoms with E-state index in [9.17, 15) is 0 Å². The van der Waals surface area contributed by atoms with E-state index in [4.69, 9.17) is 10.5 Å². The third-order valence-electron chi connectivity index (χ3n) is 2.23. The Hall–Kier alpha value is -1.28. The molecular weight excluding hydrogens is 174 g/mol. The highest BCUT2D eigenvalue weighted by molar-refractivity contribution is 5.28. The first-order valence-electron chi connectivity index (χ1n) is 4.78. The Morgan fingerprint density at radius 3 is 2.57 bits per heavy atom. The van der Waals surface area contributed by atoms with Crippen molar-refractivity contribution in [1.29, 1.82) is 0 Å². The highest BCUT2D eigenvalue weighted by Gasteiger charge is 2.04. The average molecular weight is 191 g/mol. The smallest absolute Gasteiger partial charge is 0.118 e. The summed E-state index contributed by atoms with van der Waals surface area (Å²) in [6.45, 7) is 3.68. The maximum atomic E-state index is 5.98. The van der Waals surface area contributed by atoms with Gasteiger partial charge in [-0.05, 0) is 30.5 Å². The van der Waals surface area contributed by atoms with Crippen LogP contribution in [0.3, 0.4) is 0 Å². The van der Waals surface area contributed by atoms with Gasteiger partial charge < -0.3 is 10.5 Å². The number of nitrogens with two attached hydrogens (primary N) is 1. The van der Waals surface area contributed by atoms with Crippen molar-refractivity contribution in [2.24, 2.45) is 5.73 Å². The van der Waals surface area contributed by atoms with E-state index in [1.54, 1.807) is 7.11 Å². The Morgan fingerprint density at radius 1 is 1.43 bits per heavy atom. The monoisotopic (exact) mass is 191 g/mol. The van der Waals surface area contributed by atoms with Crippen LogP contribution in [0.2, 0.25) is 0 Å². The van der Waals surface area contributed by atoms with E-state index in [1.165, 1.54) is 0 Å². The molecule has 0 amide bonds. The molecule has 2 N–H and O–H groups in total. The molecule has 0 aliphatic heterocycles. The molecule has 0 saturated heterocycles. The lowest BCUT2D eigenvalue weighted by molar-refractivity contribution is 0.414. The molecular formula is C12H17NO. The van der Waals surface area contributed by atoms with E-state index in [0.29, 0.717) is 0 Å². The molecule has 0 aliphatic rings. The number of methoxy groups -OCH3 is 1. The molecule has 1 rings (SSSR count). The highest BCUT2D eigenvalue weighted by atomic mass is 16.5. The zero-order chi connectivity index (χ0) is 10.4. The molecule has 2 heteroatoms. The maximum Gasteiger partial charge on any atom is 0.118 e. The molecule has 0 radical (unpaired) electrons. The molecule has 0 heterocycles. The first kappa shape index (κ1) is 10.8. The van der Waals surface area contributed by atoms with Crippen LogP contribution in [0.25, 0.3) is 0 Å². The number of benzene rings is 1. The minimum absolute atomic E-state index is 0.0962. The van der Waals surface area contributed by atoms with Gasteiger partial charge in [-0.1, -0.05) is 18.2 Å². The van der Waals surface area contributed by atoms with Crippen LogP contribution in [-0.2, 0) is 0 Å². The van der Waals surface area contributed by atoms with E-state index in [2.05, 4.69) is 6.58 Å². The Balaban J connectivity index is 2.61. The lowest BCUT2D eigenvalue weighted by Crippen LogP contribution is -2.09. The van der Waals surface area contributed by atoms with Crippen molar-refractivity contribution in [3.05, 3.63) is 42.5 Å². The average Bonchev–Trinajstić information content (AvgIpc) is 2.26. The SMILES string of the molecule is C=CCCC(N)c1ccc(OC)cc1. The summed E-state index contributed by atoms with van der Waals surface area (Å²) in [5, 5.41) is 0. The van der Waals surface area contributed by atoms with Crippen LogP contribution in [0.15, 0.2) is 36.9 Å². The first-order chi connectivity index (χ1) is 6.77. The second kappa shape index (κ2) is 5.45. The van der Waals surface area contributed by atoms with E-state index in [-0.39, 0.29) is 6.04 Å². The number of rotatable bonds is 5. The van der Waals surface area contributed by atoms with E-state index < -0.39 is 0 Å². The Bertz CT molecular complexity index is 279. The molecule has 1 atom stereocenters. The van der Waals surface area contributed by atoms with Crippen LogP contribution >= 0.6 is 0 Å². The van der Waals surface area contributed by atoms with Gasteiger partial charge in [0.15, 0.2) is 0 Å². The van der Waals surface area contributed by atoms with Crippen molar-refractivity contribution < 1.29 is 4.74 Å². The second-order valence-corrected chi connectivity index (χ2v) is 3.25. The Kier molecular flexibility index (Phi) is 4.20. The number of allylic oxidation sites excluding steroid dienone is 1. The van der Waals surface area contributed by atoms with Gasteiger partial charge in [0.1, 0.15) is 5.75 Å². The minimum atomic E-state index is 0.0962. The molecule has 0 aliphatic carbocycles. The summed E-state index contributed by atoms with van der Waals surface area (Å²) < 4.78 is 5.07. The van der Waals surface area contributed by atoms with Crippen molar-refractivity contribution in [3.63, 3.8) is 0 Å². The third-order valence-corrected chi connectivity index (χ3v) is 2.23. The quantitative estimate of drug-likeness (QED) is 0.726. The van der Waals surface area contributed by atoms with Gasteiger partial charge in [-0.25, -0.2) is 0 Å². The summed E-state index contributed by atoms with van der Waals surface area (Å²) in [5.74, 6) is 0.865. The van der Waals surface area contributed by atoms with Crippen LogP contribution in [0, 0.1) is 0 Å². The van der Waals surface area contributed by atoms with Crippen molar-refractivity contribution in [3.8, 4) is 5.75 Å². The van der Waals surface area contributed by atoms with Crippen LogP contribution in [0.5, 0.6) is 5.75 Å². The van der Waals surface area contributed by atoms with Gasteiger partial charge in [0.25, 0.3) is 0 Å². The zero-order valence-electron chi connectivity index (χ0n) is 8.57. The topological polar surface area (TPSA) is 35.2 Å². The van der Waals surface area contributed by atoms with Crippen LogP contribution in [-0.4, -0.2) is 7.11 Å². The molecule has 0 saturated carbocycles. The van der Waals surface area contributed by atoms with Crippen molar-refractivity contribution >= 4 is 0 Å². The molecule has 76 valence electrons. The summed E-state index contributed by atoms with van der Waals surface area (Å²) in [6.07, 6.45) is 3.78. The molecule has 1 aromatic carbocycles. The van der Waals surface area contributed by atoms with Crippen molar-refractivity contribution in [2.75, 3.05) is 7.11 Å². The van der Waals surface area contributed by atoms with E-state index >= 15 is 0 Å². The molecule has 0 aromatic heterocycles. The number of hydrogen-bond acceptors (Lipinski definition) is 2. The van der Waals surface area contributed by atoms with Gasteiger partial charge in [0.2, 0.25) is 0 Å². The fourth-order valence-corrected chi connectivity index (χ4v) is 1.32. The van der Waals surface area contributed by atoms with Crippen molar-refractivity contribution in [2.45, 2.75) is 18.9 Å². The summed E-state index contributed by atoms with van der Waals surface area (Å²) >= 11 is 0. The summed E-state index contributed by atoms with van der Waals surface area (Å²) in [6, 6.07) is 7.98. The minimum Gasteiger partial charge on any atom is -0.497 e. The van der Waals surface area contributed by atoms with Crippen molar-refractivity contribution in [1.82, 2.24) is 0 Å². The maximum absolute atomic E-state index is 5.98.